The van der Waals surface area contributed by atoms with Gasteiger partial charge in [-0.2, -0.15) is 4.31 Å². The average molecular weight is 277 g/mol. The molecule has 0 aromatic carbocycles. The summed E-state index contributed by atoms with van der Waals surface area (Å²) in [4.78, 5) is 6.32. The number of anilines is 1. The van der Waals surface area contributed by atoms with E-state index in [0.717, 1.165) is 11.2 Å². The van der Waals surface area contributed by atoms with Crippen LogP contribution in [0.3, 0.4) is 0 Å². The van der Waals surface area contributed by atoms with Gasteiger partial charge in [0.05, 0.1) is 5.41 Å². The molecule has 0 radical (unpaired) electrons. The fraction of sp³-hybridized carbons (Fsp3) is 0.308. The number of aromatic nitrogens is 1. The molecular formula is C13H15N3O2S. The minimum Gasteiger partial charge on any atom is -0.354 e. The summed E-state index contributed by atoms with van der Waals surface area (Å²) in [5, 5.41) is 1.07. The number of hydrogen-bond acceptors (Lipinski definition) is 4. The van der Waals surface area contributed by atoms with Gasteiger partial charge in [0.25, 0.3) is 0 Å². The van der Waals surface area contributed by atoms with Crippen molar-refractivity contribution in [2.75, 3.05) is 31.1 Å². The molecule has 0 aliphatic carbocycles. The van der Waals surface area contributed by atoms with E-state index < -0.39 is 10.0 Å². The van der Waals surface area contributed by atoms with Crippen molar-refractivity contribution >= 4 is 15.8 Å². The lowest BCUT2D eigenvalue weighted by molar-refractivity contribution is 0.389. The zero-order chi connectivity index (χ0) is 13.7. The van der Waals surface area contributed by atoms with Crippen LogP contribution in [0.1, 0.15) is 0 Å². The van der Waals surface area contributed by atoms with Crippen LogP contribution in [0.25, 0.3) is 0 Å². The molecule has 2 rings (SSSR count). The molecular weight excluding hydrogens is 262 g/mol. The first-order valence-electron chi connectivity index (χ1n) is 5.92. The fourth-order valence-corrected chi connectivity index (χ4v) is 3.02. The first-order valence-corrected chi connectivity index (χ1v) is 7.42. The first kappa shape index (κ1) is 13.6. The zero-order valence-corrected chi connectivity index (χ0v) is 11.3. The Hall–Kier alpha value is -1.84. The standard InChI is InChI=1S/C13H15N3O2S/c1-2-3-12-19(17,18)16-10-8-15(9-11-16)13-6-4-5-7-14-13/h1,3-7,12H,8-11H2/b12-3-. The highest BCUT2D eigenvalue weighted by Crippen LogP contribution is 2.15. The van der Waals surface area contributed by atoms with Crippen molar-refractivity contribution in [2.24, 2.45) is 0 Å². The summed E-state index contributed by atoms with van der Waals surface area (Å²) >= 11 is 0. The van der Waals surface area contributed by atoms with Gasteiger partial charge in [-0.05, 0) is 12.1 Å². The van der Waals surface area contributed by atoms with Crippen LogP contribution >= 0.6 is 0 Å². The normalized spacial score (nSPS) is 17.5. The molecule has 1 aromatic rings. The van der Waals surface area contributed by atoms with E-state index in [1.165, 1.54) is 10.4 Å². The highest BCUT2D eigenvalue weighted by atomic mass is 32.2. The molecule has 6 heteroatoms. The van der Waals surface area contributed by atoms with Crippen LogP contribution in [0, 0.1) is 12.3 Å². The van der Waals surface area contributed by atoms with Crippen molar-refractivity contribution < 1.29 is 8.42 Å². The first-order chi connectivity index (χ1) is 9.13. The summed E-state index contributed by atoms with van der Waals surface area (Å²) in [6.07, 6.45) is 7.97. The van der Waals surface area contributed by atoms with Crippen molar-refractivity contribution in [1.82, 2.24) is 9.29 Å². The lowest BCUT2D eigenvalue weighted by Crippen LogP contribution is -2.48. The zero-order valence-electron chi connectivity index (χ0n) is 10.4. The maximum atomic E-state index is 11.9. The Bertz CT molecular complexity index is 582. The van der Waals surface area contributed by atoms with Gasteiger partial charge in [0.15, 0.2) is 0 Å². The Kier molecular flexibility index (Phi) is 4.20. The topological polar surface area (TPSA) is 53.5 Å². The van der Waals surface area contributed by atoms with Gasteiger partial charge in [-0.3, -0.25) is 0 Å². The Labute approximate surface area is 113 Å². The van der Waals surface area contributed by atoms with E-state index in [4.69, 9.17) is 6.42 Å². The third-order valence-corrected chi connectivity index (χ3v) is 4.47. The molecule has 1 aliphatic rings. The molecule has 1 saturated heterocycles. The van der Waals surface area contributed by atoms with Crippen LogP contribution in [0.5, 0.6) is 0 Å². The summed E-state index contributed by atoms with van der Waals surface area (Å²) in [7, 11) is -3.39. The Morgan fingerprint density at radius 3 is 2.58 bits per heavy atom. The van der Waals surface area contributed by atoms with Crippen LogP contribution in [-0.4, -0.2) is 43.9 Å². The predicted molar refractivity (Wildman–Crippen MR) is 74.9 cm³/mol. The van der Waals surface area contributed by atoms with Crippen molar-refractivity contribution in [2.45, 2.75) is 0 Å². The molecule has 0 bridgehead atoms. The molecule has 0 amide bonds. The van der Waals surface area contributed by atoms with Gasteiger partial charge in [0, 0.05) is 38.5 Å². The van der Waals surface area contributed by atoms with Crippen molar-refractivity contribution in [1.29, 1.82) is 0 Å². The smallest absolute Gasteiger partial charge is 0.236 e. The molecule has 1 fully saturated rings. The molecule has 2 heterocycles. The number of terminal acetylenes is 1. The highest BCUT2D eigenvalue weighted by molar-refractivity contribution is 7.92. The van der Waals surface area contributed by atoms with Crippen LogP contribution in [-0.2, 0) is 10.0 Å². The maximum absolute atomic E-state index is 11.9. The van der Waals surface area contributed by atoms with Crippen LogP contribution < -0.4 is 4.90 Å². The molecule has 0 atom stereocenters. The quantitative estimate of drug-likeness (QED) is 0.762. The van der Waals surface area contributed by atoms with Crippen molar-refractivity contribution in [3.05, 3.63) is 35.9 Å². The summed E-state index contributed by atoms with van der Waals surface area (Å²) in [6.45, 7) is 2.13. The monoisotopic (exact) mass is 277 g/mol. The molecule has 19 heavy (non-hydrogen) atoms. The summed E-state index contributed by atoms with van der Waals surface area (Å²) in [5.74, 6) is 3.06. The number of pyridine rings is 1. The lowest BCUT2D eigenvalue weighted by Gasteiger charge is -2.33. The SMILES string of the molecule is C#C/C=C\S(=O)(=O)N1CCN(c2ccccn2)CC1. The van der Waals surface area contributed by atoms with Gasteiger partial charge in [0.1, 0.15) is 5.82 Å². The third-order valence-electron chi connectivity index (χ3n) is 2.91. The van der Waals surface area contributed by atoms with Gasteiger partial charge in [-0.25, -0.2) is 13.4 Å². The summed E-state index contributed by atoms with van der Waals surface area (Å²) < 4.78 is 25.2. The predicted octanol–water partition coefficient (Wildman–Crippen LogP) is 0.680. The van der Waals surface area contributed by atoms with Gasteiger partial charge in [-0.15, -0.1) is 6.42 Å². The molecule has 0 unspecified atom stereocenters. The average Bonchev–Trinajstić information content (AvgIpc) is 2.46. The fourth-order valence-electron chi connectivity index (χ4n) is 1.92. The summed E-state index contributed by atoms with van der Waals surface area (Å²) in [5.41, 5.74) is 0. The highest BCUT2D eigenvalue weighted by Gasteiger charge is 2.25. The van der Waals surface area contributed by atoms with E-state index in [0.29, 0.717) is 26.2 Å². The second-order valence-corrected chi connectivity index (χ2v) is 5.91. The van der Waals surface area contributed by atoms with Gasteiger partial charge in [0.2, 0.25) is 10.0 Å². The number of nitrogens with zero attached hydrogens (tertiary/aromatic N) is 3. The Morgan fingerprint density at radius 2 is 2.00 bits per heavy atom. The lowest BCUT2D eigenvalue weighted by atomic mass is 10.3. The van der Waals surface area contributed by atoms with Crippen molar-refractivity contribution in [3.8, 4) is 12.3 Å². The Morgan fingerprint density at radius 1 is 1.26 bits per heavy atom. The van der Waals surface area contributed by atoms with Crippen LogP contribution in [0.4, 0.5) is 5.82 Å². The van der Waals surface area contributed by atoms with E-state index in [1.54, 1.807) is 6.20 Å². The van der Waals surface area contributed by atoms with Gasteiger partial charge >= 0.3 is 0 Å². The Balaban J connectivity index is 2.00. The van der Waals surface area contributed by atoms with Crippen LogP contribution in [0.2, 0.25) is 0 Å². The minimum atomic E-state index is -3.39. The number of hydrogen-bond donors (Lipinski definition) is 0. The molecule has 100 valence electrons. The van der Waals surface area contributed by atoms with Crippen molar-refractivity contribution in [3.63, 3.8) is 0 Å². The number of piperazine rings is 1. The van der Waals surface area contributed by atoms with E-state index in [-0.39, 0.29) is 0 Å². The molecule has 1 aromatic heterocycles. The third kappa shape index (κ3) is 3.34. The van der Waals surface area contributed by atoms with Gasteiger partial charge in [-0.1, -0.05) is 12.0 Å². The molecule has 0 spiro atoms. The molecule has 5 nitrogen and oxygen atoms in total. The number of sulfonamides is 1. The van der Waals surface area contributed by atoms with E-state index in [1.807, 2.05) is 18.2 Å². The molecule has 0 N–H and O–H groups in total. The van der Waals surface area contributed by atoms with E-state index in [2.05, 4.69) is 15.8 Å². The second kappa shape index (κ2) is 5.87. The van der Waals surface area contributed by atoms with E-state index in [9.17, 15) is 8.42 Å². The maximum Gasteiger partial charge on any atom is 0.236 e. The largest absolute Gasteiger partial charge is 0.354 e. The molecule has 1 aliphatic heterocycles. The second-order valence-electron chi connectivity index (χ2n) is 4.09. The van der Waals surface area contributed by atoms with E-state index >= 15 is 0 Å². The molecule has 0 saturated carbocycles. The number of allylic oxidation sites excluding steroid dienone is 1. The van der Waals surface area contributed by atoms with Crippen LogP contribution in [0.15, 0.2) is 35.9 Å². The summed E-state index contributed by atoms with van der Waals surface area (Å²) in [6, 6.07) is 5.69. The van der Waals surface area contributed by atoms with Gasteiger partial charge < -0.3 is 4.90 Å². The minimum absolute atomic E-state index is 0.438. The number of rotatable bonds is 3.